The lowest BCUT2D eigenvalue weighted by atomic mass is 9.53. The lowest BCUT2D eigenvalue weighted by Crippen LogP contribution is -2.57. The minimum atomic E-state index is -0.522. The Bertz CT molecular complexity index is 328. The van der Waals surface area contributed by atoms with E-state index >= 15 is 0 Å². The summed E-state index contributed by atoms with van der Waals surface area (Å²) in [6.45, 7) is 9.93. The van der Waals surface area contributed by atoms with E-state index in [9.17, 15) is 5.11 Å². The highest BCUT2D eigenvalue weighted by molar-refractivity contribution is 5.06. The van der Waals surface area contributed by atoms with E-state index in [4.69, 9.17) is 5.73 Å². The molecule has 0 saturated heterocycles. The average Bonchev–Trinajstić information content (AvgIpc) is 2.37. The van der Waals surface area contributed by atoms with Crippen LogP contribution in [0.25, 0.3) is 0 Å². The van der Waals surface area contributed by atoms with Gasteiger partial charge in [-0.15, -0.1) is 0 Å². The summed E-state index contributed by atoms with van der Waals surface area (Å²) in [5.74, 6) is 1.60. The van der Waals surface area contributed by atoms with Crippen LogP contribution in [0.1, 0.15) is 79.1 Å². The topological polar surface area (TPSA) is 46.2 Å². The smallest absolute Gasteiger partial charge is 0.0720 e. The van der Waals surface area contributed by atoms with Crippen LogP contribution in [0.15, 0.2) is 0 Å². The van der Waals surface area contributed by atoms with Crippen molar-refractivity contribution >= 4 is 0 Å². The summed E-state index contributed by atoms with van der Waals surface area (Å²) in [4.78, 5) is 0. The standard InChI is InChI=1S/C18H35NO/c1-14(2)15-6-10-17(13-19,11-7-15)18(20)9-5-8-16(3,4)12-18/h14-15,20H,5-13,19H2,1-4H3. The van der Waals surface area contributed by atoms with Gasteiger partial charge in [0.05, 0.1) is 5.60 Å². The van der Waals surface area contributed by atoms with E-state index in [2.05, 4.69) is 27.7 Å². The maximum Gasteiger partial charge on any atom is 0.0720 e. The SMILES string of the molecule is CC(C)C1CCC(CN)(C2(O)CCCC(C)(C)C2)CC1. The monoisotopic (exact) mass is 281 g/mol. The van der Waals surface area contributed by atoms with Crippen LogP contribution in [-0.2, 0) is 0 Å². The fourth-order valence-electron chi connectivity index (χ4n) is 5.00. The van der Waals surface area contributed by atoms with Crippen LogP contribution in [0.3, 0.4) is 0 Å². The second-order valence-corrected chi connectivity index (χ2v) is 8.79. The molecule has 0 spiro atoms. The minimum absolute atomic E-state index is 0.0178. The molecule has 0 aliphatic heterocycles. The molecule has 2 saturated carbocycles. The Hall–Kier alpha value is -0.0800. The zero-order chi connectivity index (χ0) is 15.0. The van der Waals surface area contributed by atoms with Gasteiger partial charge in [-0.1, -0.05) is 34.1 Å². The first kappa shape index (κ1) is 16.3. The molecule has 2 fully saturated rings. The van der Waals surface area contributed by atoms with Crippen LogP contribution in [0.2, 0.25) is 0 Å². The molecule has 3 N–H and O–H groups in total. The number of hydrogen-bond donors (Lipinski definition) is 2. The summed E-state index contributed by atoms with van der Waals surface area (Å²) in [5, 5.41) is 11.4. The van der Waals surface area contributed by atoms with Crippen molar-refractivity contribution in [3.05, 3.63) is 0 Å². The molecule has 0 heterocycles. The first-order valence-electron chi connectivity index (χ1n) is 8.66. The van der Waals surface area contributed by atoms with Crippen molar-refractivity contribution in [3.8, 4) is 0 Å². The molecular weight excluding hydrogens is 246 g/mol. The summed E-state index contributed by atoms with van der Waals surface area (Å²) >= 11 is 0. The molecule has 118 valence electrons. The Labute approximate surface area is 125 Å². The molecular formula is C18H35NO. The summed E-state index contributed by atoms with van der Waals surface area (Å²) in [6.07, 6.45) is 9.03. The molecule has 1 unspecified atom stereocenters. The Morgan fingerprint density at radius 1 is 1.10 bits per heavy atom. The van der Waals surface area contributed by atoms with E-state index in [0.717, 1.165) is 43.9 Å². The van der Waals surface area contributed by atoms with Gasteiger partial charge in [-0.2, -0.15) is 0 Å². The molecule has 0 aromatic rings. The number of aliphatic hydroxyl groups is 1. The van der Waals surface area contributed by atoms with Crippen LogP contribution < -0.4 is 5.73 Å². The highest BCUT2D eigenvalue weighted by Gasteiger charge is 2.53. The summed E-state index contributed by atoms with van der Waals surface area (Å²) in [6, 6.07) is 0. The quantitative estimate of drug-likeness (QED) is 0.818. The average molecular weight is 281 g/mol. The summed E-state index contributed by atoms with van der Waals surface area (Å²) in [5.41, 5.74) is 5.93. The van der Waals surface area contributed by atoms with Crippen molar-refractivity contribution < 1.29 is 5.11 Å². The van der Waals surface area contributed by atoms with E-state index in [1.54, 1.807) is 0 Å². The van der Waals surface area contributed by atoms with E-state index in [1.165, 1.54) is 19.3 Å². The highest BCUT2D eigenvalue weighted by Crippen LogP contribution is 2.55. The highest BCUT2D eigenvalue weighted by atomic mass is 16.3. The zero-order valence-electron chi connectivity index (χ0n) is 14.0. The number of rotatable bonds is 3. The van der Waals surface area contributed by atoms with Gasteiger partial charge in [-0.3, -0.25) is 0 Å². The van der Waals surface area contributed by atoms with Crippen molar-refractivity contribution in [2.75, 3.05) is 6.54 Å². The Morgan fingerprint density at radius 2 is 1.70 bits per heavy atom. The van der Waals surface area contributed by atoms with Gasteiger partial charge in [0.1, 0.15) is 0 Å². The summed E-state index contributed by atoms with van der Waals surface area (Å²) < 4.78 is 0. The fourth-order valence-corrected chi connectivity index (χ4v) is 5.00. The molecule has 1 atom stereocenters. The van der Waals surface area contributed by atoms with Gasteiger partial charge < -0.3 is 10.8 Å². The van der Waals surface area contributed by atoms with Gasteiger partial charge >= 0.3 is 0 Å². The first-order valence-corrected chi connectivity index (χ1v) is 8.66. The Morgan fingerprint density at radius 3 is 2.15 bits per heavy atom. The molecule has 2 heteroatoms. The van der Waals surface area contributed by atoms with Gasteiger partial charge in [0.2, 0.25) is 0 Å². The number of nitrogens with two attached hydrogens (primary N) is 1. The molecule has 0 aromatic carbocycles. The second-order valence-electron chi connectivity index (χ2n) is 8.79. The van der Waals surface area contributed by atoms with E-state index in [1.807, 2.05) is 0 Å². The molecule has 0 aromatic heterocycles. The van der Waals surface area contributed by atoms with Crippen molar-refractivity contribution in [2.45, 2.75) is 84.7 Å². The van der Waals surface area contributed by atoms with Gasteiger partial charge in [0.25, 0.3) is 0 Å². The zero-order valence-corrected chi connectivity index (χ0v) is 14.0. The molecule has 0 bridgehead atoms. The van der Waals surface area contributed by atoms with E-state index in [0.29, 0.717) is 6.54 Å². The molecule has 0 amide bonds. The minimum Gasteiger partial charge on any atom is -0.389 e. The van der Waals surface area contributed by atoms with Crippen LogP contribution >= 0.6 is 0 Å². The van der Waals surface area contributed by atoms with Crippen LogP contribution in [-0.4, -0.2) is 17.3 Å². The second kappa shape index (κ2) is 5.61. The van der Waals surface area contributed by atoms with E-state index < -0.39 is 5.60 Å². The van der Waals surface area contributed by atoms with Crippen molar-refractivity contribution in [2.24, 2.45) is 28.4 Å². The van der Waals surface area contributed by atoms with Crippen LogP contribution in [0.4, 0.5) is 0 Å². The first-order chi connectivity index (χ1) is 9.24. The predicted molar refractivity (Wildman–Crippen MR) is 85.5 cm³/mol. The predicted octanol–water partition coefficient (Wildman–Crippen LogP) is 4.11. The third kappa shape index (κ3) is 2.92. The van der Waals surface area contributed by atoms with E-state index in [-0.39, 0.29) is 10.8 Å². The van der Waals surface area contributed by atoms with Gasteiger partial charge in [-0.25, -0.2) is 0 Å². The van der Waals surface area contributed by atoms with Gasteiger partial charge in [0, 0.05) is 12.0 Å². The number of hydrogen-bond acceptors (Lipinski definition) is 2. The maximum absolute atomic E-state index is 11.4. The lowest BCUT2D eigenvalue weighted by Gasteiger charge is -2.55. The summed E-state index contributed by atoms with van der Waals surface area (Å²) in [7, 11) is 0. The largest absolute Gasteiger partial charge is 0.389 e. The third-order valence-corrected chi connectivity index (χ3v) is 6.52. The van der Waals surface area contributed by atoms with Crippen LogP contribution in [0, 0.1) is 22.7 Å². The Kier molecular flexibility index (Phi) is 4.57. The maximum atomic E-state index is 11.4. The van der Waals surface area contributed by atoms with Crippen molar-refractivity contribution in [1.29, 1.82) is 0 Å². The molecule has 0 radical (unpaired) electrons. The van der Waals surface area contributed by atoms with Gasteiger partial charge in [-0.05, 0) is 62.2 Å². The molecule has 20 heavy (non-hydrogen) atoms. The van der Waals surface area contributed by atoms with Crippen LogP contribution in [0.5, 0.6) is 0 Å². The van der Waals surface area contributed by atoms with Crippen molar-refractivity contribution in [1.82, 2.24) is 0 Å². The molecule has 2 aliphatic rings. The fraction of sp³-hybridized carbons (Fsp3) is 1.00. The normalized spacial score (nSPS) is 41.9. The lowest BCUT2D eigenvalue weighted by molar-refractivity contribution is -0.150. The molecule has 2 rings (SSSR count). The molecule has 2 nitrogen and oxygen atoms in total. The van der Waals surface area contributed by atoms with Gasteiger partial charge in [0.15, 0.2) is 0 Å². The molecule has 2 aliphatic carbocycles. The third-order valence-electron chi connectivity index (χ3n) is 6.52. The Balaban J connectivity index is 2.15. The van der Waals surface area contributed by atoms with Crippen molar-refractivity contribution in [3.63, 3.8) is 0 Å².